The molecule has 144 valence electrons. The van der Waals surface area contributed by atoms with Crippen LogP contribution < -0.4 is 0 Å². The van der Waals surface area contributed by atoms with Gasteiger partial charge >= 0.3 is 11.9 Å². The molecule has 1 aromatic rings. The van der Waals surface area contributed by atoms with Crippen LogP contribution in [0.25, 0.3) is 0 Å². The van der Waals surface area contributed by atoms with Gasteiger partial charge in [0.2, 0.25) is 0 Å². The van der Waals surface area contributed by atoms with Crippen LogP contribution in [0.15, 0.2) is 12.2 Å². The molecule has 1 fully saturated rings. The van der Waals surface area contributed by atoms with Gasteiger partial charge in [-0.2, -0.15) is 0 Å². The maximum absolute atomic E-state index is 12.2. The highest BCUT2D eigenvalue weighted by Gasteiger charge is 2.38. The molecule has 1 N–H and O–H groups in total. The molecule has 2 atom stereocenters. The zero-order valence-electron chi connectivity index (χ0n) is 15.6. The van der Waals surface area contributed by atoms with Crippen molar-refractivity contribution in [1.82, 2.24) is 20.6 Å². The molecule has 8 heteroatoms. The highest BCUT2D eigenvalue weighted by Crippen LogP contribution is 2.42. The fourth-order valence-electron chi connectivity index (χ4n) is 2.69. The number of rotatable bonds is 12. The zero-order valence-corrected chi connectivity index (χ0v) is 15.6. The Hall–Kier alpha value is -2.25. The van der Waals surface area contributed by atoms with Crippen LogP contribution in [0.5, 0.6) is 0 Å². The van der Waals surface area contributed by atoms with Crippen molar-refractivity contribution in [2.45, 2.75) is 77.4 Å². The summed E-state index contributed by atoms with van der Waals surface area (Å²) in [6, 6.07) is 0. The lowest BCUT2D eigenvalue weighted by Gasteiger charge is -2.16. The smallest absolute Gasteiger partial charge is 0.334 e. The van der Waals surface area contributed by atoms with Gasteiger partial charge in [-0.3, -0.25) is 4.79 Å². The van der Waals surface area contributed by atoms with E-state index in [2.05, 4.69) is 34.1 Å². The predicted octanol–water partition coefficient (Wildman–Crippen LogP) is 3.04. The van der Waals surface area contributed by atoms with Crippen molar-refractivity contribution in [3.8, 4) is 0 Å². The highest BCUT2D eigenvalue weighted by atomic mass is 16.6. The van der Waals surface area contributed by atoms with E-state index < -0.39 is 18.0 Å². The molecule has 0 aliphatic heterocycles. The molecule has 1 heterocycles. The Labute approximate surface area is 153 Å². The molecule has 0 spiro atoms. The van der Waals surface area contributed by atoms with Crippen molar-refractivity contribution >= 4 is 11.9 Å². The van der Waals surface area contributed by atoms with E-state index in [1.165, 1.54) is 12.8 Å². The number of nitrogens with zero attached hydrogens (tertiary/aromatic N) is 3. The molecule has 1 aliphatic rings. The monoisotopic (exact) mass is 364 g/mol. The van der Waals surface area contributed by atoms with Crippen molar-refractivity contribution in [2.24, 2.45) is 5.92 Å². The molecule has 0 aromatic carbocycles. The van der Waals surface area contributed by atoms with Crippen molar-refractivity contribution in [3.63, 3.8) is 0 Å². The first-order chi connectivity index (χ1) is 12.5. The summed E-state index contributed by atoms with van der Waals surface area (Å²) >= 11 is 0. The summed E-state index contributed by atoms with van der Waals surface area (Å²) in [5, 5.41) is 13.5. The number of unbranched alkanes of at least 4 members (excludes halogenated alkanes) is 3. The minimum Gasteiger partial charge on any atom is -0.462 e. The number of aromatic amines is 1. The Morgan fingerprint density at radius 2 is 2.04 bits per heavy atom. The van der Waals surface area contributed by atoms with E-state index in [-0.39, 0.29) is 24.0 Å². The summed E-state index contributed by atoms with van der Waals surface area (Å²) in [4.78, 5) is 24.2. The molecule has 26 heavy (non-hydrogen) atoms. The van der Waals surface area contributed by atoms with E-state index in [9.17, 15) is 9.59 Å². The number of H-pyrrole nitrogens is 1. The van der Waals surface area contributed by atoms with Crippen LogP contribution in [-0.2, 0) is 19.1 Å². The lowest BCUT2D eigenvalue weighted by molar-refractivity contribution is -0.152. The normalized spacial score (nSPS) is 15.9. The van der Waals surface area contributed by atoms with E-state index in [4.69, 9.17) is 9.47 Å². The van der Waals surface area contributed by atoms with Gasteiger partial charge in [0.15, 0.2) is 11.9 Å². The highest BCUT2D eigenvalue weighted by molar-refractivity contribution is 5.93. The third-order valence-corrected chi connectivity index (χ3v) is 4.36. The third-order valence-electron chi connectivity index (χ3n) is 4.36. The number of hydrogen-bond donors (Lipinski definition) is 1. The molecule has 1 aromatic heterocycles. The lowest BCUT2D eigenvalue weighted by atomic mass is 10.1. The molecule has 0 saturated heterocycles. The zero-order chi connectivity index (χ0) is 18.9. The number of nitrogens with one attached hydrogen (secondary N) is 1. The second-order valence-corrected chi connectivity index (χ2v) is 6.88. The second-order valence-electron chi connectivity index (χ2n) is 6.88. The fraction of sp³-hybridized carbons (Fsp3) is 0.722. The van der Waals surface area contributed by atoms with Gasteiger partial charge in [0.1, 0.15) is 0 Å². The maximum atomic E-state index is 12.2. The molecule has 8 nitrogen and oxygen atoms in total. The molecule has 1 aliphatic carbocycles. The number of esters is 2. The first kappa shape index (κ1) is 20.1. The molecule has 2 unspecified atom stereocenters. The number of hydrogen-bond acceptors (Lipinski definition) is 7. The van der Waals surface area contributed by atoms with Gasteiger partial charge in [-0.25, -0.2) is 9.89 Å². The maximum Gasteiger partial charge on any atom is 0.334 e. The van der Waals surface area contributed by atoms with Crippen molar-refractivity contribution in [3.05, 3.63) is 18.0 Å². The summed E-state index contributed by atoms with van der Waals surface area (Å²) in [7, 11) is 0. The minimum absolute atomic E-state index is 0.0753. The minimum atomic E-state index is -0.620. The predicted molar refractivity (Wildman–Crippen MR) is 93.8 cm³/mol. The number of aromatic nitrogens is 4. The number of carbonyl (C=O) groups excluding carboxylic acids is 2. The fourth-order valence-corrected chi connectivity index (χ4v) is 2.69. The molecule has 0 amide bonds. The van der Waals surface area contributed by atoms with Gasteiger partial charge in [0.05, 0.1) is 12.5 Å². The van der Waals surface area contributed by atoms with E-state index in [0.29, 0.717) is 5.82 Å². The quantitative estimate of drug-likeness (QED) is 0.345. The van der Waals surface area contributed by atoms with E-state index in [0.717, 1.165) is 32.1 Å². The Morgan fingerprint density at radius 3 is 2.65 bits per heavy atom. The topological polar surface area (TPSA) is 107 Å². The average molecular weight is 364 g/mol. The van der Waals surface area contributed by atoms with Crippen LogP contribution in [0, 0.1) is 5.92 Å². The first-order valence-electron chi connectivity index (χ1n) is 9.33. The molecule has 2 rings (SSSR count). The lowest BCUT2D eigenvalue weighted by Crippen LogP contribution is -2.20. The Balaban J connectivity index is 1.73. The largest absolute Gasteiger partial charge is 0.462 e. The van der Waals surface area contributed by atoms with Crippen LogP contribution in [0.4, 0.5) is 0 Å². The van der Waals surface area contributed by atoms with Gasteiger partial charge < -0.3 is 9.47 Å². The van der Waals surface area contributed by atoms with Crippen LogP contribution in [0.3, 0.4) is 0 Å². The SMILES string of the molecule is C=C(CC(=O)OC(C)CCCCCC)C(=O)OC(c1nnn[nH]1)C1CC1. The Bertz CT molecular complexity index is 598. The molecule has 1 saturated carbocycles. The number of carbonyl (C=O) groups is 2. The van der Waals surface area contributed by atoms with Crippen LogP contribution in [0.2, 0.25) is 0 Å². The summed E-state index contributed by atoms with van der Waals surface area (Å²) in [5.74, 6) is -0.460. The van der Waals surface area contributed by atoms with Crippen molar-refractivity contribution in [1.29, 1.82) is 0 Å². The average Bonchev–Trinajstić information content (AvgIpc) is 3.29. The molecule has 0 bridgehead atoms. The standard InChI is InChI=1S/C18H28N4O4/c1-4-5-6-7-8-13(3)25-15(23)11-12(2)18(24)26-16(14-9-10-14)17-19-21-22-20-17/h13-14,16H,2,4-11H2,1,3H3,(H,19,20,21,22). The molecule has 0 radical (unpaired) electrons. The summed E-state index contributed by atoms with van der Waals surface area (Å²) in [5.41, 5.74) is 0.0753. The van der Waals surface area contributed by atoms with Crippen LogP contribution in [0.1, 0.15) is 77.1 Å². The summed E-state index contributed by atoms with van der Waals surface area (Å²) < 4.78 is 10.8. The summed E-state index contributed by atoms with van der Waals surface area (Å²) in [6.07, 6.45) is 6.37. The van der Waals surface area contributed by atoms with E-state index in [1.807, 2.05) is 6.92 Å². The first-order valence-corrected chi connectivity index (χ1v) is 9.33. The second kappa shape index (κ2) is 10.0. The van der Waals surface area contributed by atoms with Crippen molar-refractivity contribution in [2.75, 3.05) is 0 Å². The Kier molecular flexibility index (Phi) is 7.74. The Morgan fingerprint density at radius 1 is 1.27 bits per heavy atom. The van der Waals surface area contributed by atoms with Gasteiger partial charge in [0.25, 0.3) is 0 Å². The molecular weight excluding hydrogens is 336 g/mol. The van der Waals surface area contributed by atoms with E-state index in [1.54, 1.807) is 0 Å². The summed E-state index contributed by atoms with van der Waals surface area (Å²) in [6.45, 7) is 7.68. The van der Waals surface area contributed by atoms with Gasteiger partial charge in [-0.15, -0.1) is 5.10 Å². The third kappa shape index (κ3) is 6.57. The van der Waals surface area contributed by atoms with Crippen LogP contribution in [-0.4, -0.2) is 38.7 Å². The van der Waals surface area contributed by atoms with Crippen molar-refractivity contribution < 1.29 is 19.1 Å². The molecular formula is C18H28N4O4. The van der Waals surface area contributed by atoms with Gasteiger partial charge in [-0.05, 0) is 43.0 Å². The van der Waals surface area contributed by atoms with Crippen LogP contribution >= 0.6 is 0 Å². The van der Waals surface area contributed by atoms with E-state index >= 15 is 0 Å². The number of tetrazole rings is 1. The number of ether oxygens (including phenoxy) is 2. The van der Waals surface area contributed by atoms with Gasteiger partial charge in [-0.1, -0.05) is 32.8 Å². The van der Waals surface area contributed by atoms with Gasteiger partial charge in [0, 0.05) is 11.5 Å².